The number of thiophene rings is 1. The van der Waals surface area contributed by atoms with Gasteiger partial charge in [0.2, 0.25) is 5.95 Å². The van der Waals surface area contributed by atoms with Gasteiger partial charge in [-0.05, 0) is 23.9 Å². The molecule has 0 aliphatic rings. The normalized spacial score (nSPS) is 10.1. The lowest BCUT2D eigenvalue weighted by Crippen LogP contribution is -2.12. The van der Waals surface area contributed by atoms with Crippen molar-refractivity contribution in [3.63, 3.8) is 0 Å². The fourth-order valence-electron chi connectivity index (χ4n) is 1.30. The molecule has 16 heavy (non-hydrogen) atoms. The lowest BCUT2D eigenvalue weighted by Gasteiger charge is -2.05. The molecule has 0 saturated heterocycles. The SMILES string of the molecule is NNc1nccc(NCCc2cccs2)n1. The van der Waals surface area contributed by atoms with Crippen molar-refractivity contribution in [3.05, 3.63) is 34.7 Å². The number of rotatable bonds is 5. The average molecular weight is 235 g/mol. The van der Waals surface area contributed by atoms with E-state index in [0.717, 1.165) is 18.8 Å². The lowest BCUT2D eigenvalue weighted by atomic mass is 10.3. The molecule has 6 heteroatoms. The number of hydrogen-bond donors (Lipinski definition) is 3. The molecule has 0 atom stereocenters. The largest absolute Gasteiger partial charge is 0.370 e. The Morgan fingerprint density at radius 3 is 3.06 bits per heavy atom. The molecule has 2 aromatic heterocycles. The summed E-state index contributed by atoms with van der Waals surface area (Å²) in [5.41, 5.74) is 2.41. The number of hydrazine groups is 1. The lowest BCUT2D eigenvalue weighted by molar-refractivity contribution is 1.01. The maximum Gasteiger partial charge on any atom is 0.239 e. The number of nitrogen functional groups attached to an aromatic ring is 1. The predicted octanol–water partition coefficient (Wildman–Crippen LogP) is 1.48. The summed E-state index contributed by atoms with van der Waals surface area (Å²) in [5.74, 6) is 6.42. The van der Waals surface area contributed by atoms with Crippen LogP contribution in [0.5, 0.6) is 0 Å². The summed E-state index contributed by atoms with van der Waals surface area (Å²) in [4.78, 5) is 9.45. The van der Waals surface area contributed by atoms with Crippen LogP contribution in [0.15, 0.2) is 29.8 Å². The van der Waals surface area contributed by atoms with Gasteiger partial charge in [-0.1, -0.05) is 6.07 Å². The molecule has 4 N–H and O–H groups in total. The van der Waals surface area contributed by atoms with Crippen LogP contribution in [0, 0.1) is 0 Å². The maximum atomic E-state index is 5.22. The second kappa shape index (κ2) is 5.43. The Morgan fingerprint density at radius 1 is 1.38 bits per heavy atom. The van der Waals surface area contributed by atoms with E-state index >= 15 is 0 Å². The van der Waals surface area contributed by atoms with Gasteiger partial charge < -0.3 is 5.32 Å². The van der Waals surface area contributed by atoms with Gasteiger partial charge in [0.05, 0.1) is 0 Å². The number of aromatic nitrogens is 2. The minimum atomic E-state index is 0.418. The second-order valence-electron chi connectivity index (χ2n) is 3.17. The molecule has 84 valence electrons. The summed E-state index contributed by atoms with van der Waals surface area (Å²) < 4.78 is 0. The van der Waals surface area contributed by atoms with Crippen molar-refractivity contribution < 1.29 is 0 Å². The zero-order valence-corrected chi connectivity index (χ0v) is 9.50. The Morgan fingerprint density at radius 2 is 2.31 bits per heavy atom. The molecule has 0 unspecified atom stereocenters. The van der Waals surface area contributed by atoms with E-state index in [0.29, 0.717) is 5.95 Å². The molecule has 0 radical (unpaired) electrons. The van der Waals surface area contributed by atoms with E-state index in [1.54, 1.807) is 17.5 Å². The van der Waals surface area contributed by atoms with Gasteiger partial charge >= 0.3 is 0 Å². The maximum absolute atomic E-state index is 5.22. The monoisotopic (exact) mass is 235 g/mol. The van der Waals surface area contributed by atoms with E-state index in [4.69, 9.17) is 5.84 Å². The van der Waals surface area contributed by atoms with Gasteiger partial charge in [-0.25, -0.2) is 10.8 Å². The van der Waals surface area contributed by atoms with Crippen LogP contribution < -0.4 is 16.6 Å². The molecule has 2 heterocycles. The third kappa shape index (κ3) is 2.91. The summed E-state index contributed by atoms with van der Waals surface area (Å²) in [6.45, 7) is 0.849. The summed E-state index contributed by atoms with van der Waals surface area (Å²) in [7, 11) is 0. The van der Waals surface area contributed by atoms with E-state index in [1.165, 1.54) is 4.88 Å². The molecular formula is C10H13N5S. The highest BCUT2D eigenvalue weighted by Crippen LogP contribution is 2.10. The molecule has 0 aliphatic heterocycles. The number of hydrogen-bond acceptors (Lipinski definition) is 6. The Bertz CT molecular complexity index is 429. The molecule has 0 amide bonds. The third-order valence-corrected chi connectivity index (χ3v) is 2.98. The predicted molar refractivity (Wildman–Crippen MR) is 66.4 cm³/mol. The first-order chi connectivity index (χ1) is 7.88. The first-order valence-electron chi connectivity index (χ1n) is 4.94. The van der Waals surface area contributed by atoms with Crippen LogP contribution in [-0.4, -0.2) is 16.5 Å². The summed E-state index contributed by atoms with van der Waals surface area (Å²) >= 11 is 1.76. The molecule has 0 saturated carbocycles. The fourth-order valence-corrected chi connectivity index (χ4v) is 2.00. The third-order valence-electron chi connectivity index (χ3n) is 2.04. The van der Waals surface area contributed by atoms with Crippen LogP contribution in [0.2, 0.25) is 0 Å². The Kier molecular flexibility index (Phi) is 3.68. The molecule has 0 aromatic carbocycles. The van der Waals surface area contributed by atoms with Gasteiger partial charge in [-0.2, -0.15) is 4.98 Å². The van der Waals surface area contributed by atoms with Crippen molar-refractivity contribution in [3.8, 4) is 0 Å². The van der Waals surface area contributed by atoms with Crippen LogP contribution in [0.3, 0.4) is 0 Å². The molecule has 0 fully saturated rings. The summed E-state index contributed by atoms with van der Waals surface area (Å²) in [6, 6.07) is 6.00. The van der Waals surface area contributed by atoms with Crippen LogP contribution in [-0.2, 0) is 6.42 Å². The van der Waals surface area contributed by atoms with Crippen molar-refractivity contribution in [2.75, 3.05) is 17.3 Å². The second-order valence-corrected chi connectivity index (χ2v) is 4.20. The highest BCUT2D eigenvalue weighted by Gasteiger charge is 1.97. The highest BCUT2D eigenvalue weighted by molar-refractivity contribution is 7.09. The van der Waals surface area contributed by atoms with E-state index < -0.39 is 0 Å². The number of anilines is 2. The minimum absolute atomic E-state index is 0.418. The minimum Gasteiger partial charge on any atom is -0.370 e. The van der Waals surface area contributed by atoms with E-state index in [1.807, 2.05) is 6.07 Å². The smallest absolute Gasteiger partial charge is 0.239 e. The van der Waals surface area contributed by atoms with Gasteiger partial charge in [0, 0.05) is 17.6 Å². The number of nitrogens with one attached hydrogen (secondary N) is 2. The van der Waals surface area contributed by atoms with Gasteiger partial charge in [-0.3, -0.25) is 5.43 Å². The zero-order chi connectivity index (χ0) is 11.2. The van der Waals surface area contributed by atoms with Crippen molar-refractivity contribution >= 4 is 23.1 Å². The summed E-state index contributed by atoms with van der Waals surface area (Å²) in [5, 5.41) is 5.30. The molecule has 0 bridgehead atoms. The Labute approximate surface area is 97.7 Å². The zero-order valence-electron chi connectivity index (χ0n) is 8.68. The van der Waals surface area contributed by atoms with Crippen molar-refractivity contribution in [2.24, 2.45) is 5.84 Å². The molecule has 5 nitrogen and oxygen atoms in total. The van der Waals surface area contributed by atoms with E-state index in [9.17, 15) is 0 Å². The number of nitrogens with zero attached hydrogens (tertiary/aromatic N) is 2. The van der Waals surface area contributed by atoms with E-state index in [-0.39, 0.29) is 0 Å². The van der Waals surface area contributed by atoms with Gasteiger partial charge in [0.25, 0.3) is 0 Å². The van der Waals surface area contributed by atoms with Crippen molar-refractivity contribution in [1.29, 1.82) is 0 Å². The van der Waals surface area contributed by atoms with Gasteiger partial charge in [0.15, 0.2) is 0 Å². The van der Waals surface area contributed by atoms with Crippen molar-refractivity contribution in [1.82, 2.24) is 9.97 Å². The van der Waals surface area contributed by atoms with Crippen LogP contribution in [0.4, 0.5) is 11.8 Å². The Balaban J connectivity index is 1.85. The Hall–Kier alpha value is -1.66. The summed E-state index contributed by atoms with van der Waals surface area (Å²) in [6.07, 6.45) is 2.66. The highest BCUT2D eigenvalue weighted by atomic mass is 32.1. The van der Waals surface area contributed by atoms with Crippen LogP contribution >= 0.6 is 11.3 Å². The first kappa shape index (κ1) is 10.8. The molecular weight excluding hydrogens is 222 g/mol. The van der Waals surface area contributed by atoms with Gasteiger partial charge in [-0.15, -0.1) is 11.3 Å². The van der Waals surface area contributed by atoms with Crippen LogP contribution in [0.25, 0.3) is 0 Å². The fraction of sp³-hybridized carbons (Fsp3) is 0.200. The van der Waals surface area contributed by atoms with Crippen LogP contribution in [0.1, 0.15) is 4.88 Å². The molecule has 0 spiro atoms. The average Bonchev–Trinajstić information content (AvgIpc) is 2.82. The van der Waals surface area contributed by atoms with Gasteiger partial charge in [0.1, 0.15) is 5.82 Å². The molecule has 2 rings (SSSR count). The van der Waals surface area contributed by atoms with Crippen molar-refractivity contribution in [2.45, 2.75) is 6.42 Å². The standard InChI is InChI=1S/C10H13N5S/c11-15-10-13-6-4-9(14-10)12-5-3-8-2-1-7-16-8/h1-2,4,6-7H,3,5,11H2,(H2,12,13,14,15). The number of nitrogens with two attached hydrogens (primary N) is 1. The molecule has 2 aromatic rings. The van der Waals surface area contributed by atoms with E-state index in [2.05, 4.69) is 38.2 Å². The first-order valence-corrected chi connectivity index (χ1v) is 5.82. The molecule has 0 aliphatic carbocycles. The topological polar surface area (TPSA) is 75.9 Å². The quantitative estimate of drug-likeness (QED) is 0.540.